The molecular weight excluding hydrogens is 200 g/mol. The van der Waals surface area contributed by atoms with Gasteiger partial charge in [-0.05, 0) is 38.0 Å². The molecule has 2 N–H and O–H groups in total. The fourth-order valence-electron chi connectivity index (χ4n) is 2.43. The molecule has 2 aliphatic carbocycles. The van der Waals surface area contributed by atoms with Crippen LogP contribution in [0.15, 0.2) is 0 Å². The molecule has 0 bridgehead atoms. The SMILES string of the molecule is CC1CCCC(NCC(=O)NC2CC2)CC1. The molecule has 16 heavy (non-hydrogen) atoms. The predicted molar refractivity (Wildman–Crippen MR) is 65.2 cm³/mol. The maximum atomic E-state index is 11.5. The van der Waals surface area contributed by atoms with Crippen LogP contribution in [0, 0.1) is 5.92 Å². The van der Waals surface area contributed by atoms with Crippen molar-refractivity contribution in [2.75, 3.05) is 6.54 Å². The van der Waals surface area contributed by atoms with Crippen LogP contribution in [0.5, 0.6) is 0 Å². The lowest BCUT2D eigenvalue weighted by Crippen LogP contribution is -2.39. The van der Waals surface area contributed by atoms with E-state index in [1.54, 1.807) is 0 Å². The van der Waals surface area contributed by atoms with Crippen LogP contribution in [0.1, 0.15) is 51.9 Å². The number of hydrogen-bond acceptors (Lipinski definition) is 2. The second-order valence-electron chi connectivity index (χ2n) is 5.53. The van der Waals surface area contributed by atoms with Gasteiger partial charge in [-0.15, -0.1) is 0 Å². The smallest absolute Gasteiger partial charge is 0.234 e. The average molecular weight is 224 g/mol. The molecule has 0 aromatic rings. The summed E-state index contributed by atoms with van der Waals surface area (Å²) in [6.45, 7) is 2.84. The van der Waals surface area contributed by atoms with Crippen molar-refractivity contribution >= 4 is 5.91 Å². The van der Waals surface area contributed by atoms with Gasteiger partial charge in [0.25, 0.3) is 0 Å². The maximum absolute atomic E-state index is 11.5. The summed E-state index contributed by atoms with van der Waals surface area (Å²) in [5.74, 6) is 1.05. The van der Waals surface area contributed by atoms with E-state index in [9.17, 15) is 4.79 Å². The van der Waals surface area contributed by atoms with E-state index in [4.69, 9.17) is 0 Å². The van der Waals surface area contributed by atoms with Gasteiger partial charge in [0.15, 0.2) is 0 Å². The zero-order chi connectivity index (χ0) is 11.4. The first-order valence-corrected chi connectivity index (χ1v) is 6.77. The topological polar surface area (TPSA) is 41.1 Å². The van der Waals surface area contributed by atoms with Gasteiger partial charge in [0.2, 0.25) is 5.91 Å². The van der Waals surface area contributed by atoms with Crippen molar-refractivity contribution in [1.29, 1.82) is 0 Å². The van der Waals surface area contributed by atoms with Crippen LogP contribution in [-0.4, -0.2) is 24.5 Å². The summed E-state index contributed by atoms with van der Waals surface area (Å²) < 4.78 is 0. The fraction of sp³-hybridized carbons (Fsp3) is 0.923. The standard InChI is InChI=1S/C13H24N2O/c1-10-3-2-4-11(6-5-10)14-9-13(16)15-12-7-8-12/h10-12,14H,2-9H2,1H3,(H,15,16). The van der Waals surface area contributed by atoms with E-state index in [-0.39, 0.29) is 5.91 Å². The fourth-order valence-corrected chi connectivity index (χ4v) is 2.43. The Morgan fingerprint density at radius 2 is 1.81 bits per heavy atom. The number of rotatable bonds is 4. The first-order valence-electron chi connectivity index (χ1n) is 6.77. The third-order valence-electron chi connectivity index (χ3n) is 3.75. The third kappa shape index (κ3) is 4.12. The van der Waals surface area contributed by atoms with Crippen LogP contribution in [0.25, 0.3) is 0 Å². The molecule has 3 nitrogen and oxygen atoms in total. The summed E-state index contributed by atoms with van der Waals surface area (Å²) in [5.41, 5.74) is 0. The summed E-state index contributed by atoms with van der Waals surface area (Å²) in [6.07, 6.45) is 8.79. The molecular formula is C13H24N2O. The predicted octanol–water partition coefficient (Wildman–Crippen LogP) is 1.82. The molecule has 2 saturated carbocycles. The van der Waals surface area contributed by atoms with Gasteiger partial charge in [0.05, 0.1) is 6.54 Å². The Balaban J connectivity index is 1.62. The zero-order valence-electron chi connectivity index (χ0n) is 10.3. The maximum Gasteiger partial charge on any atom is 0.234 e. The Morgan fingerprint density at radius 3 is 2.56 bits per heavy atom. The van der Waals surface area contributed by atoms with Gasteiger partial charge in [-0.1, -0.05) is 19.8 Å². The van der Waals surface area contributed by atoms with Crippen LogP contribution < -0.4 is 10.6 Å². The Hall–Kier alpha value is -0.570. The molecule has 0 heterocycles. The summed E-state index contributed by atoms with van der Waals surface area (Å²) in [5, 5.41) is 6.42. The molecule has 0 aromatic heterocycles. The van der Waals surface area contributed by atoms with Crippen LogP contribution in [0.3, 0.4) is 0 Å². The summed E-state index contributed by atoms with van der Waals surface area (Å²) in [7, 11) is 0. The van der Waals surface area contributed by atoms with E-state index in [2.05, 4.69) is 17.6 Å². The molecule has 2 aliphatic rings. The van der Waals surface area contributed by atoms with Crippen molar-refractivity contribution in [2.45, 2.75) is 64.0 Å². The Labute approximate surface area is 98.4 Å². The van der Waals surface area contributed by atoms with Crippen LogP contribution in [0.4, 0.5) is 0 Å². The lowest BCUT2D eigenvalue weighted by Gasteiger charge is -2.16. The minimum absolute atomic E-state index is 0.180. The first-order chi connectivity index (χ1) is 7.74. The van der Waals surface area contributed by atoms with E-state index in [1.165, 1.54) is 44.9 Å². The average Bonchev–Trinajstić information content (AvgIpc) is 3.05. The molecule has 2 atom stereocenters. The monoisotopic (exact) mass is 224 g/mol. The highest BCUT2D eigenvalue weighted by molar-refractivity contribution is 5.78. The highest BCUT2D eigenvalue weighted by Gasteiger charge is 2.23. The number of hydrogen-bond donors (Lipinski definition) is 2. The van der Waals surface area contributed by atoms with Gasteiger partial charge < -0.3 is 10.6 Å². The Bertz CT molecular complexity index is 238. The molecule has 2 rings (SSSR count). The van der Waals surface area contributed by atoms with Crippen molar-refractivity contribution in [1.82, 2.24) is 10.6 Å². The molecule has 1 amide bonds. The van der Waals surface area contributed by atoms with E-state index < -0.39 is 0 Å². The minimum atomic E-state index is 0.180. The number of carbonyl (C=O) groups excluding carboxylic acids is 1. The Morgan fingerprint density at radius 1 is 1.06 bits per heavy atom. The number of amides is 1. The quantitative estimate of drug-likeness (QED) is 0.715. The molecule has 0 spiro atoms. The molecule has 0 aliphatic heterocycles. The first kappa shape index (κ1) is 11.9. The van der Waals surface area contributed by atoms with Crippen molar-refractivity contribution < 1.29 is 4.79 Å². The van der Waals surface area contributed by atoms with E-state index >= 15 is 0 Å². The molecule has 0 radical (unpaired) electrons. The van der Waals surface area contributed by atoms with Crippen molar-refractivity contribution in [3.05, 3.63) is 0 Å². The summed E-state index contributed by atoms with van der Waals surface area (Å²) >= 11 is 0. The van der Waals surface area contributed by atoms with Gasteiger partial charge >= 0.3 is 0 Å². The molecule has 0 aromatic carbocycles. The molecule has 3 heteroatoms. The van der Waals surface area contributed by atoms with Gasteiger partial charge in [-0.3, -0.25) is 4.79 Å². The van der Waals surface area contributed by atoms with E-state index in [0.29, 0.717) is 18.6 Å². The normalized spacial score (nSPS) is 30.8. The zero-order valence-corrected chi connectivity index (χ0v) is 10.3. The lowest BCUT2D eigenvalue weighted by molar-refractivity contribution is -0.120. The minimum Gasteiger partial charge on any atom is -0.352 e. The summed E-state index contributed by atoms with van der Waals surface area (Å²) in [6, 6.07) is 1.05. The Kier molecular flexibility index (Phi) is 4.22. The molecule has 0 saturated heterocycles. The second-order valence-corrected chi connectivity index (χ2v) is 5.53. The lowest BCUT2D eigenvalue weighted by atomic mass is 10.0. The van der Waals surface area contributed by atoms with Crippen molar-refractivity contribution in [3.63, 3.8) is 0 Å². The highest BCUT2D eigenvalue weighted by Crippen LogP contribution is 2.22. The van der Waals surface area contributed by atoms with Crippen LogP contribution >= 0.6 is 0 Å². The van der Waals surface area contributed by atoms with Gasteiger partial charge in [-0.25, -0.2) is 0 Å². The second kappa shape index (κ2) is 5.67. The van der Waals surface area contributed by atoms with Crippen LogP contribution in [-0.2, 0) is 4.79 Å². The number of carbonyl (C=O) groups is 1. The van der Waals surface area contributed by atoms with Gasteiger partial charge in [0, 0.05) is 12.1 Å². The van der Waals surface area contributed by atoms with E-state index in [0.717, 1.165) is 5.92 Å². The number of nitrogens with one attached hydrogen (secondary N) is 2. The third-order valence-corrected chi connectivity index (χ3v) is 3.75. The van der Waals surface area contributed by atoms with Gasteiger partial charge in [0.1, 0.15) is 0 Å². The molecule has 2 fully saturated rings. The molecule has 92 valence electrons. The highest BCUT2D eigenvalue weighted by atomic mass is 16.2. The van der Waals surface area contributed by atoms with E-state index in [1.807, 2.05) is 0 Å². The largest absolute Gasteiger partial charge is 0.352 e. The van der Waals surface area contributed by atoms with Crippen LogP contribution in [0.2, 0.25) is 0 Å². The molecule has 2 unspecified atom stereocenters. The summed E-state index contributed by atoms with van der Waals surface area (Å²) in [4.78, 5) is 11.5. The van der Waals surface area contributed by atoms with Gasteiger partial charge in [-0.2, -0.15) is 0 Å². The van der Waals surface area contributed by atoms with Crippen molar-refractivity contribution in [2.24, 2.45) is 5.92 Å². The van der Waals surface area contributed by atoms with Crippen molar-refractivity contribution in [3.8, 4) is 0 Å².